The number of aliphatic carboxylic acids is 1. The molecule has 0 aliphatic carbocycles. The van der Waals surface area contributed by atoms with E-state index in [1.54, 1.807) is 18.2 Å². The molecule has 0 bridgehead atoms. The molecule has 0 aromatic heterocycles. The van der Waals surface area contributed by atoms with E-state index in [0.717, 1.165) is 0 Å². The smallest absolute Gasteiger partial charge is 0.328 e. The number of carbonyl (C=O) groups excluding carboxylic acids is 2. The van der Waals surface area contributed by atoms with Crippen molar-refractivity contribution in [3.05, 3.63) is 29.8 Å². The van der Waals surface area contributed by atoms with E-state index in [1.165, 1.54) is 22.7 Å². The zero-order chi connectivity index (χ0) is 19.3. The lowest BCUT2D eigenvalue weighted by molar-refractivity contribution is -0.145. The van der Waals surface area contributed by atoms with Crippen LogP contribution in [-0.4, -0.2) is 68.2 Å². The molecule has 0 radical (unpaired) electrons. The molecule has 1 aliphatic rings. The molecular formula is C16H20N2O6S2. The molecule has 142 valence electrons. The lowest BCUT2D eigenvalue weighted by atomic mass is 10.1. The first kappa shape index (κ1) is 20.4. The van der Waals surface area contributed by atoms with Crippen molar-refractivity contribution in [1.29, 1.82) is 0 Å². The van der Waals surface area contributed by atoms with Gasteiger partial charge in [-0.05, 0) is 11.8 Å². The largest absolute Gasteiger partial charge is 0.508 e. The van der Waals surface area contributed by atoms with Gasteiger partial charge in [0.05, 0.1) is 6.61 Å². The summed E-state index contributed by atoms with van der Waals surface area (Å²) in [6.45, 7) is -0.756. The van der Waals surface area contributed by atoms with Crippen molar-refractivity contribution in [2.24, 2.45) is 0 Å². The number of para-hydroxylation sites is 1. The fourth-order valence-electron chi connectivity index (χ4n) is 2.63. The molecule has 0 spiro atoms. The summed E-state index contributed by atoms with van der Waals surface area (Å²) in [6.07, 6.45) is 0.0971. The first-order valence-corrected chi connectivity index (χ1v) is 9.54. The van der Waals surface area contributed by atoms with Gasteiger partial charge >= 0.3 is 5.97 Å². The second kappa shape index (κ2) is 9.15. The van der Waals surface area contributed by atoms with Crippen molar-refractivity contribution in [1.82, 2.24) is 10.2 Å². The van der Waals surface area contributed by atoms with E-state index >= 15 is 0 Å². The Kier molecular flexibility index (Phi) is 7.18. The van der Waals surface area contributed by atoms with Gasteiger partial charge < -0.3 is 25.5 Å². The van der Waals surface area contributed by atoms with Crippen LogP contribution in [0.15, 0.2) is 24.3 Å². The fraction of sp³-hybridized carbons (Fsp3) is 0.438. The average molecular weight is 400 g/mol. The number of nitrogens with one attached hydrogen (secondary N) is 1. The Morgan fingerprint density at radius 1 is 1.35 bits per heavy atom. The lowest BCUT2D eigenvalue weighted by Crippen LogP contribution is -2.53. The first-order chi connectivity index (χ1) is 12.4. The van der Waals surface area contributed by atoms with Crippen molar-refractivity contribution in [2.75, 3.05) is 18.1 Å². The number of phenols is 1. The Morgan fingerprint density at radius 2 is 2.04 bits per heavy atom. The van der Waals surface area contributed by atoms with Crippen LogP contribution in [0.5, 0.6) is 5.75 Å². The van der Waals surface area contributed by atoms with Crippen LogP contribution < -0.4 is 5.32 Å². The molecule has 2 rings (SSSR count). The Hall–Kier alpha value is -1.91. The maximum absolute atomic E-state index is 12.6. The molecule has 1 fully saturated rings. The van der Waals surface area contributed by atoms with Crippen LogP contribution in [0, 0.1) is 0 Å². The number of nitrogens with zero attached hydrogens (tertiary/aromatic N) is 1. The number of benzene rings is 1. The quantitative estimate of drug-likeness (QED) is 0.414. The number of carbonyl (C=O) groups is 3. The third kappa shape index (κ3) is 4.43. The number of aliphatic hydroxyl groups is 1. The van der Waals surface area contributed by atoms with Gasteiger partial charge in [0.2, 0.25) is 11.8 Å². The van der Waals surface area contributed by atoms with Gasteiger partial charge in [-0.15, -0.1) is 11.8 Å². The molecule has 0 saturated carbocycles. The number of hydrogen-bond donors (Lipinski definition) is 5. The molecule has 1 aromatic rings. The number of thiol groups is 1. The molecular weight excluding hydrogens is 380 g/mol. The van der Waals surface area contributed by atoms with Crippen LogP contribution in [0.4, 0.5) is 0 Å². The van der Waals surface area contributed by atoms with Crippen LogP contribution >= 0.6 is 24.4 Å². The molecule has 2 amide bonds. The second-order valence-electron chi connectivity index (χ2n) is 5.62. The summed E-state index contributed by atoms with van der Waals surface area (Å²) in [5.41, 5.74) is 0.497. The van der Waals surface area contributed by atoms with E-state index in [4.69, 9.17) is 10.2 Å². The molecule has 1 aliphatic heterocycles. The number of thioether (sulfide) groups is 1. The van der Waals surface area contributed by atoms with Gasteiger partial charge in [0, 0.05) is 17.7 Å². The summed E-state index contributed by atoms with van der Waals surface area (Å²) >= 11 is 5.35. The predicted molar refractivity (Wildman–Crippen MR) is 99.1 cm³/mol. The maximum atomic E-state index is 12.6. The number of amides is 2. The number of phenolic OH excluding ortho intramolecular Hbond substituents is 1. The van der Waals surface area contributed by atoms with Crippen LogP contribution in [0.1, 0.15) is 17.4 Å². The molecule has 1 heterocycles. The third-order valence-electron chi connectivity index (χ3n) is 3.92. The summed E-state index contributed by atoms with van der Waals surface area (Å²) in [4.78, 5) is 37.5. The minimum absolute atomic E-state index is 0.00787. The Balaban J connectivity index is 2.28. The highest BCUT2D eigenvalue weighted by Crippen LogP contribution is 2.44. The monoisotopic (exact) mass is 400 g/mol. The van der Waals surface area contributed by atoms with E-state index < -0.39 is 35.9 Å². The van der Waals surface area contributed by atoms with Gasteiger partial charge in [-0.2, -0.15) is 12.6 Å². The number of hydrogen-bond acceptors (Lipinski definition) is 7. The lowest BCUT2D eigenvalue weighted by Gasteiger charge is -2.29. The highest BCUT2D eigenvalue weighted by Gasteiger charge is 2.43. The molecule has 10 heteroatoms. The molecule has 1 saturated heterocycles. The molecule has 3 unspecified atom stereocenters. The number of carboxylic acid groups (broad SMARTS) is 1. The third-order valence-corrected chi connectivity index (χ3v) is 5.45. The summed E-state index contributed by atoms with van der Waals surface area (Å²) in [7, 11) is 0. The van der Waals surface area contributed by atoms with Crippen LogP contribution in [-0.2, 0) is 14.4 Å². The van der Waals surface area contributed by atoms with Crippen LogP contribution in [0.25, 0.3) is 0 Å². The normalized spacial score (nSPS) is 20.6. The topological polar surface area (TPSA) is 127 Å². The molecule has 4 N–H and O–H groups in total. The van der Waals surface area contributed by atoms with Gasteiger partial charge in [-0.3, -0.25) is 9.59 Å². The SMILES string of the molecule is O=C(O)C(CO)NC(=O)C1CSC(c2ccccc2O)N1C(=O)CCS. The standard InChI is InChI=1S/C16H20N2O6S2/c19-7-10(16(23)24)17-14(22)11-8-26-15(18(11)13(21)5-6-25)9-3-1-2-4-12(9)20/h1-4,10-11,15,19-20,25H,5-8H2,(H,17,22)(H,23,24). The Morgan fingerprint density at radius 3 is 2.62 bits per heavy atom. The average Bonchev–Trinajstić information content (AvgIpc) is 3.04. The number of aliphatic hydroxyl groups excluding tert-OH is 1. The van der Waals surface area contributed by atoms with E-state index in [-0.39, 0.29) is 29.6 Å². The zero-order valence-corrected chi connectivity index (χ0v) is 15.4. The Labute approximate surface area is 160 Å². The number of carboxylic acids is 1. The van der Waals surface area contributed by atoms with Crippen LogP contribution in [0.2, 0.25) is 0 Å². The summed E-state index contributed by atoms with van der Waals surface area (Å²) in [5, 5.41) is 29.9. The van der Waals surface area contributed by atoms with E-state index in [0.29, 0.717) is 5.56 Å². The van der Waals surface area contributed by atoms with Crippen molar-refractivity contribution in [3.8, 4) is 5.75 Å². The summed E-state index contributed by atoms with van der Waals surface area (Å²) in [6, 6.07) is 4.18. The van der Waals surface area contributed by atoms with Gasteiger partial charge in [-0.25, -0.2) is 4.79 Å². The minimum atomic E-state index is -1.45. The van der Waals surface area contributed by atoms with Crippen molar-refractivity contribution in [3.63, 3.8) is 0 Å². The zero-order valence-electron chi connectivity index (χ0n) is 13.7. The maximum Gasteiger partial charge on any atom is 0.328 e. The Bertz CT molecular complexity index is 686. The van der Waals surface area contributed by atoms with Gasteiger partial charge in [0.25, 0.3) is 0 Å². The first-order valence-electron chi connectivity index (χ1n) is 7.86. The van der Waals surface area contributed by atoms with Crippen molar-refractivity contribution >= 4 is 42.2 Å². The number of aromatic hydroxyl groups is 1. The van der Waals surface area contributed by atoms with E-state index in [9.17, 15) is 19.5 Å². The molecule has 3 atom stereocenters. The van der Waals surface area contributed by atoms with Crippen molar-refractivity contribution in [2.45, 2.75) is 23.9 Å². The summed E-state index contributed by atoms with van der Waals surface area (Å²) in [5.74, 6) is -1.82. The second-order valence-corrected chi connectivity index (χ2v) is 7.18. The molecule has 8 nitrogen and oxygen atoms in total. The van der Waals surface area contributed by atoms with Crippen molar-refractivity contribution < 1.29 is 29.7 Å². The van der Waals surface area contributed by atoms with E-state index in [1.807, 2.05) is 0 Å². The molecule has 1 aromatic carbocycles. The highest BCUT2D eigenvalue weighted by molar-refractivity contribution is 7.99. The summed E-state index contributed by atoms with van der Waals surface area (Å²) < 4.78 is 0. The predicted octanol–water partition coefficient (Wildman–Crippen LogP) is 0.216. The minimum Gasteiger partial charge on any atom is -0.508 e. The van der Waals surface area contributed by atoms with Gasteiger partial charge in [-0.1, -0.05) is 18.2 Å². The fourth-order valence-corrected chi connectivity index (χ4v) is 4.30. The number of rotatable bonds is 7. The highest BCUT2D eigenvalue weighted by atomic mass is 32.2. The molecule has 26 heavy (non-hydrogen) atoms. The van der Waals surface area contributed by atoms with E-state index in [2.05, 4.69) is 17.9 Å². The van der Waals surface area contributed by atoms with Gasteiger partial charge in [0.15, 0.2) is 0 Å². The van der Waals surface area contributed by atoms with Crippen LogP contribution in [0.3, 0.4) is 0 Å². The van der Waals surface area contributed by atoms with Gasteiger partial charge in [0.1, 0.15) is 23.2 Å².